The van der Waals surface area contributed by atoms with E-state index in [0.29, 0.717) is 19.3 Å². The van der Waals surface area contributed by atoms with Crippen LogP contribution in [0.3, 0.4) is 0 Å². The maximum absolute atomic E-state index is 13.9. The highest BCUT2D eigenvalue weighted by atomic mass is 16.3. The zero-order valence-corrected chi connectivity index (χ0v) is 20.6. The molecule has 5 N–H and O–H groups in total. The molecule has 6 nitrogen and oxygen atoms in total. The lowest BCUT2D eigenvalue weighted by atomic mass is 9.48. The van der Waals surface area contributed by atoms with Gasteiger partial charge in [0.25, 0.3) is 0 Å². The number of amides is 1. The summed E-state index contributed by atoms with van der Waals surface area (Å²) in [5.74, 6) is -2.08. The van der Waals surface area contributed by atoms with E-state index < -0.39 is 52.6 Å². The summed E-state index contributed by atoms with van der Waals surface area (Å²) < 4.78 is 0. The molecule has 34 heavy (non-hydrogen) atoms. The summed E-state index contributed by atoms with van der Waals surface area (Å²) in [4.78, 5) is 13.9. The summed E-state index contributed by atoms with van der Waals surface area (Å²) in [7, 11) is 0. The number of allylic oxidation sites excluding steroid dienone is 1. The Morgan fingerprint density at radius 1 is 1.06 bits per heavy atom. The lowest BCUT2D eigenvalue weighted by molar-refractivity contribution is -0.211. The average Bonchev–Trinajstić information content (AvgIpc) is 3.05. The van der Waals surface area contributed by atoms with Crippen LogP contribution >= 0.6 is 0 Å². The minimum Gasteiger partial charge on any atom is -0.392 e. The van der Waals surface area contributed by atoms with Gasteiger partial charge in [0.1, 0.15) is 0 Å². The molecule has 1 saturated heterocycles. The van der Waals surface area contributed by atoms with Crippen molar-refractivity contribution in [2.75, 3.05) is 0 Å². The van der Waals surface area contributed by atoms with Crippen molar-refractivity contribution in [1.29, 1.82) is 0 Å². The molecule has 0 radical (unpaired) electrons. The Bertz CT molecular complexity index is 955. The summed E-state index contributed by atoms with van der Waals surface area (Å²) in [6, 6.07) is 9.34. The van der Waals surface area contributed by atoms with Crippen molar-refractivity contribution in [3.05, 3.63) is 60.2 Å². The van der Waals surface area contributed by atoms with Crippen LogP contribution < -0.4 is 5.32 Å². The molecular formula is C28H39NO5. The number of aliphatic hydroxyl groups excluding tert-OH is 2. The van der Waals surface area contributed by atoms with E-state index in [2.05, 4.69) is 5.32 Å². The van der Waals surface area contributed by atoms with Crippen LogP contribution in [0.4, 0.5) is 0 Å². The van der Waals surface area contributed by atoms with E-state index in [1.54, 1.807) is 19.9 Å². The predicted octanol–water partition coefficient (Wildman–Crippen LogP) is 2.36. The Morgan fingerprint density at radius 2 is 1.74 bits per heavy atom. The SMILES string of the molecule is C[C@H]1CC=C[C@H]2[C@H](O)[C@@H](C)[C@](C)(O)[C@H]3[C@H](Cc4ccccc4)NC(=O)[C@]32[C@H](O)C=C[C@](C)(O)C1. The van der Waals surface area contributed by atoms with Gasteiger partial charge < -0.3 is 25.7 Å². The number of aliphatic hydroxyl groups is 4. The topological polar surface area (TPSA) is 110 Å². The first-order chi connectivity index (χ1) is 15.9. The molecule has 1 amide bonds. The molecule has 0 unspecified atom stereocenters. The Hall–Kier alpha value is -1.99. The van der Waals surface area contributed by atoms with E-state index >= 15 is 0 Å². The van der Waals surface area contributed by atoms with Gasteiger partial charge in [-0.3, -0.25) is 4.79 Å². The molecule has 6 heteroatoms. The van der Waals surface area contributed by atoms with Crippen molar-refractivity contribution in [3.63, 3.8) is 0 Å². The second-order valence-electron chi connectivity index (χ2n) is 11.3. The molecule has 10 atom stereocenters. The van der Waals surface area contributed by atoms with E-state index in [0.717, 1.165) is 5.56 Å². The zero-order valence-electron chi connectivity index (χ0n) is 20.6. The van der Waals surface area contributed by atoms with E-state index in [9.17, 15) is 25.2 Å². The van der Waals surface area contributed by atoms with E-state index in [-0.39, 0.29) is 11.8 Å². The standard InChI is InChI=1S/C28H39NO5/c1-17-9-8-12-20-23(31)18(2)27(4,34)24-21(15-19-10-6-5-7-11-19)29-25(32)28(20,24)22(30)13-14-26(3,33)16-17/h5-8,10-14,17-18,20-24,30-31,33-34H,9,15-16H2,1-4H3,(H,29,32)/t17-,18+,20-,21-,22+,23+,24+,26-,27-,28+/m0/s1. The number of hydrogen-bond acceptors (Lipinski definition) is 5. The number of carbonyl (C=O) groups is 1. The summed E-state index contributed by atoms with van der Waals surface area (Å²) in [5, 5.41) is 48.9. The molecule has 0 bridgehead atoms. The van der Waals surface area contributed by atoms with Gasteiger partial charge >= 0.3 is 0 Å². The van der Waals surface area contributed by atoms with Crippen LogP contribution in [0.15, 0.2) is 54.6 Å². The van der Waals surface area contributed by atoms with E-state index in [1.807, 2.05) is 56.3 Å². The predicted molar refractivity (Wildman–Crippen MR) is 131 cm³/mol. The molecule has 4 rings (SSSR count). The first-order valence-electron chi connectivity index (χ1n) is 12.4. The third-order valence-electron chi connectivity index (χ3n) is 8.68. The fourth-order valence-electron chi connectivity index (χ4n) is 6.92. The van der Waals surface area contributed by atoms with Crippen LogP contribution in [0.25, 0.3) is 0 Å². The summed E-state index contributed by atoms with van der Waals surface area (Å²) in [5.41, 5.74) is -3.04. The van der Waals surface area contributed by atoms with E-state index in [4.69, 9.17) is 0 Å². The summed E-state index contributed by atoms with van der Waals surface area (Å²) in [6.07, 6.45) is 6.22. The molecule has 0 aromatic heterocycles. The smallest absolute Gasteiger partial charge is 0.230 e. The van der Waals surface area contributed by atoms with Crippen molar-refractivity contribution in [3.8, 4) is 0 Å². The van der Waals surface area contributed by atoms with Gasteiger partial charge in [-0.15, -0.1) is 0 Å². The second kappa shape index (κ2) is 8.90. The highest BCUT2D eigenvalue weighted by Gasteiger charge is 2.72. The zero-order chi connectivity index (χ0) is 24.9. The van der Waals surface area contributed by atoms with Gasteiger partial charge in [-0.1, -0.05) is 68.5 Å². The second-order valence-corrected chi connectivity index (χ2v) is 11.3. The average molecular weight is 470 g/mol. The minimum absolute atomic E-state index is 0.169. The molecule has 2 fully saturated rings. The van der Waals surface area contributed by atoms with Gasteiger partial charge in [0, 0.05) is 23.8 Å². The summed E-state index contributed by atoms with van der Waals surface area (Å²) in [6.45, 7) is 7.22. The number of nitrogens with one attached hydrogen (secondary N) is 1. The molecule has 1 saturated carbocycles. The minimum atomic E-state index is -1.48. The molecule has 3 aliphatic rings. The van der Waals surface area contributed by atoms with Crippen LogP contribution in [-0.2, 0) is 11.2 Å². The fourth-order valence-corrected chi connectivity index (χ4v) is 6.92. The fraction of sp³-hybridized carbons (Fsp3) is 0.607. The molecule has 1 aliphatic heterocycles. The first kappa shape index (κ1) is 25.1. The van der Waals surface area contributed by atoms with Crippen LogP contribution in [0.2, 0.25) is 0 Å². The quantitative estimate of drug-likeness (QED) is 0.427. The van der Waals surface area contributed by atoms with Crippen LogP contribution in [0.5, 0.6) is 0 Å². The van der Waals surface area contributed by atoms with Gasteiger partial charge in [-0.2, -0.15) is 0 Å². The van der Waals surface area contributed by atoms with Crippen LogP contribution in [0.1, 0.15) is 46.1 Å². The van der Waals surface area contributed by atoms with Gasteiger partial charge in [0.2, 0.25) is 5.91 Å². The lowest BCUT2D eigenvalue weighted by Crippen LogP contribution is -2.68. The molecule has 1 heterocycles. The normalized spacial score (nSPS) is 46.8. The van der Waals surface area contributed by atoms with Gasteiger partial charge in [0.05, 0.1) is 28.8 Å². The molecule has 186 valence electrons. The Morgan fingerprint density at radius 3 is 2.41 bits per heavy atom. The third kappa shape index (κ3) is 4.05. The van der Waals surface area contributed by atoms with Gasteiger partial charge in [-0.05, 0) is 44.6 Å². The van der Waals surface area contributed by atoms with Gasteiger partial charge in [0.15, 0.2) is 0 Å². The molecule has 2 aliphatic carbocycles. The molecule has 1 aromatic rings. The monoisotopic (exact) mass is 469 g/mol. The van der Waals surface area contributed by atoms with Crippen molar-refractivity contribution in [2.45, 2.75) is 76.4 Å². The lowest BCUT2D eigenvalue weighted by Gasteiger charge is -2.57. The first-order valence-corrected chi connectivity index (χ1v) is 12.4. The van der Waals surface area contributed by atoms with Crippen molar-refractivity contribution in [2.24, 2.45) is 29.1 Å². The molecular weight excluding hydrogens is 430 g/mol. The van der Waals surface area contributed by atoms with Gasteiger partial charge in [-0.25, -0.2) is 0 Å². The van der Waals surface area contributed by atoms with Crippen molar-refractivity contribution >= 4 is 5.91 Å². The number of hydrogen-bond donors (Lipinski definition) is 5. The number of benzene rings is 1. The maximum Gasteiger partial charge on any atom is 0.230 e. The van der Waals surface area contributed by atoms with Crippen LogP contribution in [-0.4, -0.2) is 55.8 Å². The highest BCUT2D eigenvalue weighted by molar-refractivity contribution is 5.88. The Labute approximate surface area is 202 Å². The van der Waals surface area contributed by atoms with E-state index in [1.165, 1.54) is 6.08 Å². The van der Waals surface area contributed by atoms with Crippen molar-refractivity contribution in [1.82, 2.24) is 5.32 Å². The van der Waals surface area contributed by atoms with Crippen LogP contribution in [0, 0.1) is 29.1 Å². The Kier molecular flexibility index (Phi) is 6.58. The number of rotatable bonds is 2. The largest absolute Gasteiger partial charge is 0.392 e. The Balaban J connectivity index is 1.89. The number of carbonyl (C=O) groups excluding carboxylic acids is 1. The maximum atomic E-state index is 13.9. The van der Waals surface area contributed by atoms with Crippen molar-refractivity contribution < 1.29 is 25.2 Å². The molecule has 1 aromatic carbocycles. The highest BCUT2D eigenvalue weighted by Crippen LogP contribution is 2.59. The molecule has 1 spiro atoms. The third-order valence-corrected chi connectivity index (χ3v) is 8.68. The summed E-state index contributed by atoms with van der Waals surface area (Å²) >= 11 is 0.